The van der Waals surface area contributed by atoms with Gasteiger partial charge in [-0.1, -0.05) is 18.2 Å². The third-order valence-electron chi connectivity index (χ3n) is 2.45. The van der Waals surface area contributed by atoms with E-state index in [0.717, 1.165) is 23.9 Å². The predicted molar refractivity (Wildman–Crippen MR) is 68.4 cm³/mol. The number of halogens is 2. The van der Waals surface area contributed by atoms with Gasteiger partial charge in [-0.25, -0.2) is 8.78 Å². The van der Waals surface area contributed by atoms with Crippen LogP contribution >= 0.6 is 0 Å². The summed E-state index contributed by atoms with van der Waals surface area (Å²) in [6, 6.07) is 12.5. The highest BCUT2D eigenvalue weighted by molar-refractivity contribution is 5.24. The van der Waals surface area contributed by atoms with Gasteiger partial charge in [0.1, 0.15) is 11.6 Å². The minimum absolute atomic E-state index is 0.0697. The zero-order valence-electron chi connectivity index (χ0n) is 10.3. The summed E-state index contributed by atoms with van der Waals surface area (Å²) in [7, 11) is 0. The van der Waals surface area contributed by atoms with Gasteiger partial charge in [0.2, 0.25) is 0 Å². The van der Waals surface area contributed by atoms with E-state index in [-0.39, 0.29) is 12.4 Å². The van der Waals surface area contributed by atoms with E-state index in [1.165, 1.54) is 0 Å². The van der Waals surface area contributed by atoms with Crippen LogP contribution in [0.5, 0.6) is 11.5 Å². The number of hydrogen-bond acceptors (Lipinski definition) is 2. The topological polar surface area (TPSA) is 18.5 Å². The molecule has 0 aliphatic heterocycles. The lowest BCUT2D eigenvalue weighted by Crippen LogP contribution is -2.05. The van der Waals surface area contributed by atoms with Gasteiger partial charge in [0.25, 0.3) is 0 Å². The van der Waals surface area contributed by atoms with Crippen LogP contribution in [0.3, 0.4) is 0 Å². The van der Waals surface area contributed by atoms with E-state index >= 15 is 0 Å². The maximum Gasteiger partial charge on any atom is 0.165 e. The standard InChI is InChI=1S/C15H14F2O2/c16-12-7-8-14(17)15(11-12)19-10-4-9-18-13-5-2-1-3-6-13/h1-3,5-8,11H,4,9-10H2. The van der Waals surface area contributed by atoms with Crippen LogP contribution in [-0.4, -0.2) is 13.2 Å². The quantitative estimate of drug-likeness (QED) is 0.738. The second kappa shape index (κ2) is 6.73. The van der Waals surface area contributed by atoms with E-state index in [2.05, 4.69) is 0 Å². The summed E-state index contributed by atoms with van der Waals surface area (Å²) in [5.41, 5.74) is 0. The van der Waals surface area contributed by atoms with Crippen molar-refractivity contribution in [1.82, 2.24) is 0 Å². The molecule has 2 aromatic carbocycles. The van der Waals surface area contributed by atoms with Crippen LogP contribution in [0.25, 0.3) is 0 Å². The maximum absolute atomic E-state index is 13.2. The van der Waals surface area contributed by atoms with Crippen molar-refractivity contribution in [3.05, 3.63) is 60.2 Å². The zero-order valence-corrected chi connectivity index (χ0v) is 10.3. The fraction of sp³-hybridized carbons (Fsp3) is 0.200. The lowest BCUT2D eigenvalue weighted by Gasteiger charge is -2.08. The first kappa shape index (κ1) is 13.3. The van der Waals surface area contributed by atoms with Gasteiger partial charge in [-0.2, -0.15) is 0 Å². The number of benzene rings is 2. The Morgan fingerprint density at radius 1 is 0.842 bits per heavy atom. The largest absolute Gasteiger partial charge is 0.493 e. The highest BCUT2D eigenvalue weighted by Crippen LogP contribution is 2.18. The summed E-state index contributed by atoms with van der Waals surface area (Å²) in [4.78, 5) is 0. The second-order valence-electron chi connectivity index (χ2n) is 3.94. The average molecular weight is 264 g/mol. The van der Waals surface area contributed by atoms with Crippen molar-refractivity contribution in [1.29, 1.82) is 0 Å². The first-order valence-corrected chi connectivity index (χ1v) is 6.01. The zero-order chi connectivity index (χ0) is 13.5. The Bertz CT molecular complexity index is 515. The van der Waals surface area contributed by atoms with Crippen LogP contribution in [0.2, 0.25) is 0 Å². The van der Waals surface area contributed by atoms with E-state index < -0.39 is 11.6 Å². The highest BCUT2D eigenvalue weighted by Gasteiger charge is 2.04. The Hall–Kier alpha value is -2.10. The molecule has 0 saturated carbocycles. The SMILES string of the molecule is Fc1ccc(F)c(OCCCOc2ccccc2)c1. The highest BCUT2D eigenvalue weighted by atomic mass is 19.1. The number of para-hydroxylation sites is 1. The van der Waals surface area contributed by atoms with Crippen LogP contribution in [0.4, 0.5) is 8.78 Å². The van der Waals surface area contributed by atoms with Gasteiger partial charge < -0.3 is 9.47 Å². The first-order chi connectivity index (χ1) is 9.25. The maximum atomic E-state index is 13.2. The number of rotatable bonds is 6. The van der Waals surface area contributed by atoms with Crippen molar-refractivity contribution in [3.8, 4) is 11.5 Å². The molecule has 0 amide bonds. The molecular formula is C15H14F2O2. The second-order valence-corrected chi connectivity index (χ2v) is 3.94. The third kappa shape index (κ3) is 4.25. The van der Waals surface area contributed by atoms with E-state index in [1.807, 2.05) is 30.3 Å². The summed E-state index contributed by atoms with van der Waals surface area (Å²) >= 11 is 0. The van der Waals surface area contributed by atoms with E-state index in [0.29, 0.717) is 13.0 Å². The Kier molecular flexibility index (Phi) is 4.72. The van der Waals surface area contributed by atoms with Gasteiger partial charge >= 0.3 is 0 Å². The molecule has 0 heterocycles. The Balaban J connectivity index is 1.71. The summed E-state index contributed by atoms with van der Waals surface area (Å²) in [6.45, 7) is 0.730. The summed E-state index contributed by atoms with van der Waals surface area (Å²) in [6.07, 6.45) is 0.588. The predicted octanol–water partition coefficient (Wildman–Crippen LogP) is 3.81. The molecule has 0 fully saturated rings. The van der Waals surface area contributed by atoms with E-state index in [9.17, 15) is 8.78 Å². The molecule has 2 aromatic rings. The van der Waals surface area contributed by atoms with Gasteiger partial charge in [-0.05, 0) is 24.3 Å². The Morgan fingerprint density at radius 3 is 2.37 bits per heavy atom. The van der Waals surface area contributed by atoms with Gasteiger partial charge in [0.15, 0.2) is 11.6 Å². The molecule has 2 nitrogen and oxygen atoms in total. The van der Waals surface area contributed by atoms with Gasteiger partial charge in [0, 0.05) is 12.5 Å². The molecular weight excluding hydrogens is 250 g/mol. The molecule has 0 N–H and O–H groups in total. The van der Waals surface area contributed by atoms with E-state index in [1.54, 1.807) is 0 Å². The number of hydrogen-bond donors (Lipinski definition) is 0. The van der Waals surface area contributed by atoms with Gasteiger partial charge in [-0.3, -0.25) is 0 Å². The van der Waals surface area contributed by atoms with Crippen LogP contribution in [0.1, 0.15) is 6.42 Å². The molecule has 0 aromatic heterocycles. The molecule has 0 aliphatic rings. The van der Waals surface area contributed by atoms with Crippen LogP contribution in [-0.2, 0) is 0 Å². The number of ether oxygens (including phenoxy) is 2. The Labute approximate surface area is 110 Å². The van der Waals surface area contributed by atoms with Gasteiger partial charge in [0.05, 0.1) is 13.2 Å². The molecule has 0 spiro atoms. The van der Waals surface area contributed by atoms with Crippen molar-refractivity contribution >= 4 is 0 Å². The fourth-order valence-corrected chi connectivity index (χ4v) is 1.54. The summed E-state index contributed by atoms with van der Waals surface area (Å²) < 4.78 is 36.7. The lowest BCUT2D eigenvalue weighted by molar-refractivity contribution is 0.240. The summed E-state index contributed by atoms with van der Waals surface area (Å²) in [5.74, 6) is -0.374. The normalized spacial score (nSPS) is 10.2. The molecule has 0 unspecified atom stereocenters. The lowest BCUT2D eigenvalue weighted by atomic mass is 10.3. The summed E-state index contributed by atoms with van der Waals surface area (Å²) in [5, 5.41) is 0. The molecule has 0 saturated heterocycles. The minimum atomic E-state index is -0.564. The van der Waals surface area contributed by atoms with Crippen molar-refractivity contribution in [2.24, 2.45) is 0 Å². The van der Waals surface area contributed by atoms with Gasteiger partial charge in [-0.15, -0.1) is 0 Å². The monoisotopic (exact) mass is 264 g/mol. The molecule has 2 rings (SSSR count). The molecule has 0 atom stereocenters. The molecule has 0 radical (unpaired) electrons. The van der Waals surface area contributed by atoms with Crippen LogP contribution in [0, 0.1) is 11.6 Å². The van der Waals surface area contributed by atoms with Crippen molar-refractivity contribution in [3.63, 3.8) is 0 Å². The van der Waals surface area contributed by atoms with Crippen LogP contribution in [0.15, 0.2) is 48.5 Å². The third-order valence-corrected chi connectivity index (χ3v) is 2.45. The fourth-order valence-electron chi connectivity index (χ4n) is 1.54. The smallest absolute Gasteiger partial charge is 0.165 e. The average Bonchev–Trinajstić information content (AvgIpc) is 2.43. The first-order valence-electron chi connectivity index (χ1n) is 6.01. The molecule has 0 aliphatic carbocycles. The van der Waals surface area contributed by atoms with E-state index in [4.69, 9.17) is 9.47 Å². The molecule has 19 heavy (non-hydrogen) atoms. The molecule has 4 heteroatoms. The molecule has 100 valence electrons. The van der Waals surface area contributed by atoms with Crippen LogP contribution < -0.4 is 9.47 Å². The van der Waals surface area contributed by atoms with Crippen molar-refractivity contribution < 1.29 is 18.3 Å². The minimum Gasteiger partial charge on any atom is -0.493 e. The van der Waals surface area contributed by atoms with Crippen molar-refractivity contribution in [2.45, 2.75) is 6.42 Å². The van der Waals surface area contributed by atoms with Crippen molar-refractivity contribution in [2.75, 3.05) is 13.2 Å². The Morgan fingerprint density at radius 2 is 1.58 bits per heavy atom. The molecule has 0 bridgehead atoms.